The molecule has 176 valence electrons. The van der Waals surface area contributed by atoms with E-state index in [0.717, 1.165) is 22.6 Å². The van der Waals surface area contributed by atoms with Crippen molar-refractivity contribution in [1.29, 1.82) is 0 Å². The van der Waals surface area contributed by atoms with Gasteiger partial charge in [0.2, 0.25) is 0 Å². The zero-order valence-electron chi connectivity index (χ0n) is 20.4. The molecule has 1 heteroatoms. The Morgan fingerprint density at radius 3 is 1.11 bits per heavy atom. The van der Waals surface area contributed by atoms with Gasteiger partial charge in [-0.15, -0.1) is 0 Å². The predicted octanol–water partition coefficient (Wildman–Crippen LogP) is 10.1. The lowest BCUT2D eigenvalue weighted by Gasteiger charge is -2.06. The first-order chi connectivity index (χ1) is 18.3. The van der Waals surface area contributed by atoms with Gasteiger partial charge in [-0.25, -0.2) is 0 Å². The van der Waals surface area contributed by atoms with Gasteiger partial charge in [0.25, 0.3) is 0 Å². The molecule has 37 heavy (non-hydrogen) atoms. The number of benzene rings is 6. The van der Waals surface area contributed by atoms with Crippen LogP contribution in [0.1, 0.15) is 22.3 Å². The molecule has 0 bridgehead atoms. The minimum Gasteiger partial charge on any atom is -0.457 e. The minimum absolute atomic E-state index is 0.822. The minimum atomic E-state index is 0.822. The maximum Gasteiger partial charge on any atom is 0.127 e. The van der Waals surface area contributed by atoms with Gasteiger partial charge in [0.05, 0.1) is 0 Å². The molecule has 0 unspecified atom stereocenters. The number of ether oxygens (including phenoxy) is 1. The molecular weight excluding hydrogens is 448 g/mol. The number of hydrogen-bond acceptors (Lipinski definition) is 1. The highest BCUT2D eigenvalue weighted by molar-refractivity contribution is 5.87. The summed E-state index contributed by atoms with van der Waals surface area (Å²) in [5, 5.41) is 5.03. The first-order valence-electron chi connectivity index (χ1n) is 12.5. The van der Waals surface area contributed by atoms with Crippen molar-refractivity contribution in [2.45, 2.75) is 0 Å². The average molecular weight is 475 g/mol. The quantitative estimate of drug-likeness (QED) is 0.218. The van der Waals surface area contributed by atoms with Gasteiger partial charge in [0.1, 0.15) is 11.5 Å². The highest BCUT2D eigenvalue weighted by Crippen LogP contribution is 2.24. The Morgan fingerprint density at radius 1 is 0.324 bits per heavy atom. The normalized spacial score (nSPS) is 11.6. The van der Waals surface area contributed by atoms with E-state index in [4.69, 9.17) is 4.74 Å². The van der Waals surface area contributed by atoms with E-state index in [1.807, 2.05) is 24.3 Å². The smallest absolute Gasteiger partial charge is 0.127 e. The lowest BCUT2D eigenvalue weighted by molar-refractivity contribution is 0.482. The third-order valence-corrected chi connectivity index (χ3v) is 6.48. The number of hydrogen-bond donors (Lipinski definition) is 0. The fourth-order valence-corrected chi connectivity index (χ4v) is 4.44. The standard InChI is InChI=1S/C36H26O/c1-3-7-33-25-29(13-19-31(33)5-1)11-9-27-15-21-35(22-16-27)37-36-23-17-28(18-24-36)10-12-30-14-20-32-6-2-4-8-34(32)26-30/h1-26H. The lowest BCUT2D eigenvalue weighted by atomic mass is 10.1. The molecule has 0 spiro atoms. The van der Waals surface area contributed by atoms with Crippen molar-refractivity contribution in [1.82, 2.24) is 0 Å². The van der Waals surface area contributed by atoms with E-state index in [0.29, 0.717) is 0 Å². The van der Waals surface area contributed by atoms with Crippen LogP contribution in [-0.4, -0.2) is 0 Å². The summed E-state index contributed by atoms with van der Waals surface area (Å²) in [5.41, 5.74) is 4.65. The molecule has 0 amide bonds. The van der Waals surface area contributed by atoms with Crippen LogP contribution in [0.25, 0.3) is 45.8 Å². The summed E-state index contributed by atoms with van der Waals surface area (Å²) in [5.74, 6) is 1.64. The van der Waals surface area contributed by atoms with E-state index in [1.54, 1.807) is 0 Å². The third kappa shape index (κ3) is 5.52. The molecule has 0 aliphatic rings. The van der Waals surface area contributed by atoms with Gasteiger partial charge in [-0.2, -0.15) is 0 Å². The SMILES string of the molecule is C(=Cc1ccc2ccccc2c1)c1ccc(Oc2ccc(C=Cc3ccc4ccccc4c3)cc2)cc1. The highest BCUT2D eigenvalue weighted by Gasteiger charge is 1.99. The van der Waals surface area contributed by atoms with Crippen molar-refractivity contribution in [3.8, 4) is 11.5 Å². The van der Waals surface area contributed by atoms with Crippen LogP contribution in [0.5, 0.6) is 11.5 Å². The summed E-state index contributed by atoms with van der Waals surface area (Å²) in [6, 6.07) is 46.2. The molecule has 0 heterocycles. The first kappa shape index (κ1) is 22.6. The lowest BCUT2D eigenvalue weighted by Crippen LogP contribution is -1.84. The molecule has 0 aliphatic carbocycles. The van der Waals surface area contributed by atoms with Gasteiger partial charge in [0.15, 0.2) is 0 Å². The second-order valence-corrected chi connectivity index (χ2v) is 9.12. The summed E-state index contributed by atoms with van der Waals surface area (Å²) in [6.07, 6.45) is 8.55. The molecule has 1 nitrogen and oxygen atoms in total. The number of fused-ring (bicyclic) bond motifs is 2. The molecule has 0 fully saturated rings. The van der Waals surface area contributed by atoms with Gasteiger partial charge in [0, 0.05) is 0 Å². The summed E-state index contributed by atoms with van der Waals surface area (Å²) in [6.45, 7) is 0. The van der Waals surface area contributed by atoms with E-state index >= 15 is 0 Å². The highest BCUT2D eigenvalue weighted by atomic mass is 16.5. The molecule has 0 aliphatic heterocycles. The van der Waals surface area contributed by atoms with Crippen LogP contribution in [0.2, 0.25) is 0 Å². The van der Waals surface area contributed by atoms with Crippen molar-refractivity contribution in [2.75, 3.05) is 0 Å². The summed E-state index contributed by atoms with van der Waals surface area (Å²) in [4.78, 5) is 0. The summed E-state index contributed by atoms with van der Waals surface area (Å²) < 4.78 is 6.06. The Bertz CT molecular complexity index is 1590. The topological polar surface area (TPSA) is 9.23 Å². The van der Waals surface area contributed by atoms with Crippen LogP contribution < -0.4 is 4.74 Å². The molecule has 6 rings (SSSR count). The van der Waals surface area contributed by atoms with Crippen molar-refractivity contribution >= 4 is 45.8 Å². The van der Waals surface area contributed by atoms with Crippen LogP contribution in [0.3, 0.4) is 0 Å². The van der Waals surface area contributed by atoms with Crippen molar-refractivity contribution < 1.29 is 4.74 Å². The Morgan fingerprint density at radius 2 is 0.676 bits per heavy atom. The second-order valence-electron chi connectivity index (χ2n) is 9.12. The van der Waals surface area contributed by atoms with Crippen LogP contribution in [0, 0.1) is 0 Å². The molecule has 0 saturated carbocycles. The molecule has 0 aromatic heterocycles. The average Bonchev–Trinajstić information content (AvgIpc) is 2.96. The van der Waals surface area contributed by atoms with Gasteiger partial charge in [-0.05, 0) is 80.2 Å². The Balaban J connectivity index is 1.08. The fourth-order valence-electron chi connectivity index (χ4n) is 4.44. The maximum atomic E-state index is 6.06. The fraction of sp³-hybridized carbons (Fsp3) is 0. The van der Waals surface area contributed by atoms with Crippen LogP contribution in [-0.2, 0) is 0 Å². The van der Waals surface area contributed by atoms with E-state index in [1.165, 1.54) is 32.7 Å². The monoisotopic (exact) mass is 474 g/mol. The zero-order valence-corrected chi connectivity index (χ0v) is 20.4. The molecule has 0 N–H and O–H groups in total. The van der Waals surface area contributed by atoms with Gasteiger partial charge >= 0.3 is 0 Å². The molecule has 6 aromatic rings. The summed E-state index contributed by atoms with van der Waals surface area (Å²) >= 11 is 0. The van der Waals surface area contributed by atoms with Crippen LogP contribution >= 0.6 is 0 Å². The third-order valence-electron chi connectivity index (χ3n) is 6.48. The Hall–Kier alpha value is -4.88. The molecule has 6 aromatic carbocycles. The van der Waals surface area contributed by atoms with Crippen LogP contribution in [0.15, 0.2) is 133 Å². The van der Waals surface area contributed by atoms with Gasteiger partial charge < -0.3 is 4.74 Å². The Labute approximate surface area is 217 Å². The Kier molecular flexibility index (Phi) is 6.34. The molecular formula is C36H26O. The van der Waals surface area contributed by atoms with E-state index in [9.17, 15) is 0 Å². The van der Waals surface area contributed by atoms with Crippen molar-refractivity contribution in [2.24, 2.45) is 0 Å². The van der Waals surface area contributed by atoms with Gasteiger partial charge in [-0.1, -0.05) is 121 Å². The van der Waals surface area contributed by atoms with E-state index in [2.05, 4.69) is 133 Å². The van der Waals surface area contributed by atoms with Crippen molar-refractivity contribution in [3.63, 3.8) is 0 Å². The largest absolute Gasteiger partial charge is 0.457 e. The summed E-state index contributed by atoms with van der Waals surface area (Å²) in [7, 11) is 0. The second kappa shape index (κ2) is 10.4. The molecule has 0 atom stereocenters. The predicted molar refractivity (Wildman–Crippen MR) is 159 cm³/mol. The molecule has 0 radical (unpaired) electrons. The van der Waals surface area contributed by atoms with E-state index < -0.39 is 0 Å². The first-order valence-corrected chi connectivity index (χ1v) is 12.5. The van der Waals surface area contributed by atoms with E-state index in [-0.39, 0.29) is 0 Å². The zero-order chi connectivity index (χ0) is 24.9. The maximum absolute atomic E-state index is 6.06. The number of rotatable bonds is 6. The van der Waals surface area contributed by atoms with Crippen molar-refractivity contribution in [3.05, 3.63) is 156 Å². The van der Waals surface area contributed by atoms with Crippen LogP contribution in [0.4, 0.5) is 0 Å². The van der Waals surface area contributed by atoms with Gasteiger partial charge in [-0.3, -0.25) is 0 Å². The molecule has 0 saturated heterocycles.